The molecule has 2 N–H and O–H groups in total. The van der Waals surface area contributed by atoms with E-state index in [0.29, 0.717) is 12.0 Å². The molecule has 3 rings (SSSR count). The average molecular weight is 560 g/mol. The lowest BCUT2D eigenvalue weighted by molar-refractivity contribution is -0.0284. The van der Waals surface area contributed by atoms with E-state index >= 15 is 0 Å². The Bertz CT molecular complexity index is 697. The number of rotatable bonds is 9. The molecule has 0 aromatic heterocycles. The highest BCUT2D eigenvalue weighted by Crippen LogP contribution is 2.27. The average Bonchev–Trinajstić information content (AvgIpc) is 3.30. The van der Waals surface area contributed by atoms with Crippen molar-refractivity contribution in [1.29, 1.82) is 0 Å². The largest absolute Gasteiger partial charge is 0.497 e. The van der Waals surface area contributed by atoms with E-state index in [0.717, 1.165) is 64.1 Å². The lowest BCUT2D eigenvalue weighted by Crippen LogP contribution is -2.50. The third-order valence-corrected chi connectivity index (χ3v) is 6.09. The normalized spacial score (nSPS) is 21.3. The van der Waals surface area contributed by atoms with Crippen molar-refractivity contribution < 1.29 is 9.47 Å². The van der Waals surface area contributed by atoms with Crippen LogP contribution in [-0.4, -0.2) is 88.4 Å². The summed E-state index contributed by atoms with van der Waals surface area (Å²) in [6.07, 6.45) is 2.72. The summed E-state index contributed by atoms with van der Waals surface area (Å²) in [5.74, 6) is 2.42. The Morgan fingerprint density at radius 3 is 2.69 bits per heavy atom. The van der Waals surface area contributed by atoms with Crippen molar-refractivity contribution >= 4 is 29.9 Å². The zero-order valence-corrected chi connectivity index (χ0v) is 22.5. The summed E-state index contributed by atoms with van der Waals surface area (Å²) >= 11 is 0. The van der Waals surface area contributed by atoms with Gasteiger partial charge in [-0.2, -0.15) is 0 Å². The predicted molar refractivity (Wildman–Crippen MR) is 142 cm³/mol. The van der Waals surface area contributed by atoms with Crippen LogP contribution in [0.25, 0.3) is 0 Å². The van der Waals surface area contributed by atoms with Gasteiger partial charge in [-0.15, -0.1) is 24.0 Å². The van der Waals surface area contributed by atoms with Gasteiger partial charge in [0.25, 0.3) is 0 Å². The number of hydrogen-bond acceptors (Lipinski definition) is 5. The van der Waals surface area contributed by atoms with E-state index in [1.54, 1.807) is 7.11 Å². The summed E-state index contributed by atoms with van der Waals surface area (Å²) in [7, 11) is 3.56. The Labute approximate surface area is 211 Å². The Balaban J connectivity index is 0.00000363. The number of nitrogens with one attached hydrogen (secondary N) is 2. The first-order chi connectivity index (χ1) is 15.1. The molecular weight excluding hydrogens is 517 g/mol. The molecule has 2 saturated heterocycles. The first-order valence-corrected chi connectivity index (χ1v) is 11.8. The molecule has 2 atom stereocenters. The maximum absolute atomic E-state index is 5.98. The van der Waals surface area contributed by atoms with Crippen LogP contribution in [0, 0.1) is 5.92 Å². The first kappa shape index (κ1) is 27.1. The van der Waals surface area contributed by atoms with Crippen LogP contribution in [0.4, 0.5) is 0 Å². The van der Waals surface area contributed by atoms with Crippen molar-refractivity contribution in [3.63, 3.8) is 0 Å². The minimum atomic E-state index is 0. The summed E-state index contributed by atoms with van der Waals surface area (Å²) in [6.45, 7) is 12.3. The zero-order valence-electron chi connectivity index (χ0n) is 20.2. The summed E-state index contributed by atoms with van der Waals surface area (Å²) < 4.78 is 11.4. The number of ether oxygens (including phenoxy) is 2. The van der Waals surface area contributed by atoms with Gasteiger partial charge < -0.3 is 20.1 Å². The van der Waals surface area contributed by atoms with Crippen LogP contribution < -0.4 is 15.4 Å². The summed E-state index contributed by atoms with van der Waals surface area (Å²) in [5, 5.41) is 7.03. The van der Waals surface area contributed by atoms with Gasteiger partial charge in [-0.05, 0) is 49.5 Å². The maximum Gasteiger partial charge on any atom is 0.191 e. The number of nitrogens with zero attached hydrogens (tertiary/aromatic N) is 3. The van der Waals surface area contributed by atoms with Crippen LogP contribution in [-0.2, 0) is 4.74 Å². The van der Waals surface area contributed by atoms with E-state index in [-0.39, 0.29) is 30.1 Å². The Hall–Kier alpha value is -1.10. The molecule has 1 aromatic carbocycles. The minimum absolute atomic E-state index is 0. The third-order valence-electron chi connectivity index (χ3n) is 6.09. The molecule has 0 aliphatic carbocycles. The molecule has 0 amide bonds. The van der Waals surface area contributed by atoms with Crippen LogP contribution in [0.15, 0.2) is 29.3 Å². The van der Waals surface area contributed by atoms with Gasteiger partial charge in [-0.25, -0.2) is 0 Å². The highest BCUT2D eigenvalue weighted by atomic mass is 127. The van der Waals surface area contributed by atoms with Gasteiger partial charge in [0.2, 0.25) is 0 Å². The minimum Gasteiger partial charge on any atom is -0.497 e. The Morgan fingerprint density at radius 2 is 2.00 bits per heavy atom. The van der Waals surface area contributed by atoms with E-state index < -0.39 is 0 Å². The van der Waals surface area contributed by atoms with Crippen LogP contribution in [0.2, 0.25) is 0 Å². The zero-order chi connectivity index (χ0) is 22.1. The fourth-order valence-corrected chi connectivity index (χ4v) is 4.57. The number of hydrogen-bond donors (Lipinski definition) is 2. The molecule has 0 bridgehead atoms. The van der Waals surface area contributed by atoms with Gasteiger partial charge in [0.15, 0.2) is 5.96 Å². The van der Waals surface area contributed by atoms with Crippen molar-refractivity contribution in [1.82, 2.24) is 20.4 Å². The molecule has 32 heavy (non-hydrogen) atoms. The number of guanidine groups is 1. The molecule has 7 nitrogen and oxygen atoms in total. The van der Waals surface area contributed by atoms with Gasteiger partial charge in [0.1, 0.15) is 5.75 Å². The molecule has 2 aliphatic rings. The molecule has 2 heterocycles. The molecule has 2 fully saturated rings. The number of likely N-dealkylation sites (tertiary alicyclic amines) is 1. The van der Waals surface area contributed by atoms with Crippen molar-refractivity contribution in [3.05, 3.63) is 29.8 Å². The predicted octanol–water partition coefficient (Wildman–Crippen LogP) is 2.97. The molecule has 1 aromatic rings. The van der Waals surface area contributed by atoms with Crippen molar-refractivity contribution in [2.24, 2.45) is 10.9 Å². The molecule has 8 heteroatoms. The van der Waals surface area contributed by atoms with Gasteiger partial charge in [-0.3, -0.25) is 14.8 Å². The molecule has 2 unspecified atom stereocenters. The highest BCUT2D eigenvalue weighted by molar-refractivity contribution is 14.0. The van der Waals surface area contributed by atoms with E-state index in [1.807, 2.05) is 13.1 Å². The number of benzene rings is 1. The second kappa shape index (κ2) is 14.2. The fraction of sp³-hybridized carbons (Fsp3) is 0.708. The fourth-order valence-electron chi connectivity index (χ4n) is 4.57. The van der Waals surface area contributed by atoms with Crippen LogP contribution in [0.3, 0.4) is 0 Å². The summed E-state index contributed by atoms with van der Waals surface area (Å²) in [6, 6.07) is 8.73. The maximum atomic E-state index is 5.98. The van der Waals surface area contributed by atoms with E-state index in [2.05, 4.69) is 57.5 Å². The van der Waals surface area contributed by atoms with Crippen molar-refractivity contribution in [2.75, 3.05) is 66.6 Å². The molecule has 0 saturated carbocycles. The van der Waals surface area contributed by atoms with Crippen LogP contribution >= 0.6 is 24.0 Å². The van der Waals surface area contributed by atoms with Crippen molar-refractivity contribution in [3.8, 4) is 5.75 Å². The highest BCUT2D eigenvalue weighted by Gasteiger charge is 2.25. The molecule has 0 spiro atoms. The molecule has 182 valence electrons. The topological polar surface area (TPSA) is 61.4 Å². The third kappa shape index (κ3) is 8.35. The lowest BCUT2D eigenvalue weighted by Gasteiger charge is -2.34. The monoisotopic (exact) mass is 559 g/mol. The van der Waals surface area contributed by atoms with Crippen LogP contribution in [0.1, 0.15) is 38.3 Å². The quantitative estimate of drug-likeness (QED) is 0.276. The second-order valence-corrected chi connectivity index (χ2v) is 9.02. The standard InChI is InChI=1S/C24H41N5O2.HI/c1-19(2)17-28-12-13-31-22(18-28)15-26-24(25-3)27-16-23(29-10-5-6-11-29)20-8-7-9-21(14-20)30-4;/h7-9,14,19,22-23H,5-6,10-13,15-18H2,1-4H3,(H2,25,26,27);1H. The van der Waals surface area contributed by atoms with Gasteiger partial charge in [-0.1, -0.05) is 26.0 Å². The Morgan fingerprint density at radius 1 is 1.22 bits per heavy atom. The first-order valence-electron chi connectivity index (χ1n) is 11.8. The van der Waals surface area contributed by atoms with Gasteiger partial charge in [0, 0.05) is 39.8 Å². The van der Waals surface area contributed by atoms with Crippen molar-refractivity contribution in [2.45, 2.75) is 38.8 Å². The lowest BCUT2D eigenvalue weighted by atomic mass is 10.1. The number of methoxy groups -OCH3 is 1. The van der Waals surface area contributed by atoms with Gasteiger partial charge >= 0.3 is 0 Å². The molecule has 0 radical (unpaired) electrons. The van der Waals surface area contributed by atoms with E-state index in [9.17, 15) is 0 Å². The van der Waals surface area contributed by atoms with Gasteiger partial charge in [0.05, 0.1) is 25.9 Å². The Kier molecular flexibility index (Phi) is 12.1. The van der Waals surface area contributed by atoms with E-state index in [1.165, 1.54) is 18.4 Å². The summed E-state index contributed by atoms with van der Waals surface area (Å²) in [5.41, 5.74) is 1.28. The number of aliphatic imine (C=N–C) groups is 1. The van der Waals surface area contributed by atoms with Crippen LogP contribution in [0.5, 0.6) is 5.75 Å². The molecule has 2 aliphatic heterocycles. The number of morpholine rings is 1. The summed E-state index contributed by atoms with van der Waals surface area (Å²) in [4.78, 5) is 9.51. The molecular formula is C24H42IN5O2. The second-order valence-electron chi connectivity index (χ2n) is 9.02. The SMILES string of the molecule is CN=C(NCC1CN(CC(C)C)CCO1)NCC(c1cccc(OC)c1)N1CCCC1.I. The number of halogens is 1. The smallest absolute Gasteiger partial charge is 0.191 e. The van der Waals surface area contributed by atoms with E-state index in [4.69, 9.17) is 9.47 Å².